The fourth-order valence-electron chi connectivity index (χ4n) is 3.92. The normalized spacial score (nSPS) is 15.1. The van der Waals surface area contributed by atoms with Gasteiger partial charge >= 0.3 is 0 Å². The number of nitrogens with one attached hydrogen (secondary N) is 1. The molecule has 3 heterocycles. The van der Waals surface area contributed by atoms with Crippen LogP contribution < -0.4 is 14.8 Å². The topological polar surface area (TPSA) is 91.2 Å². The maximum absolute atomic E-state index is 12.6. The zero-order valence-electron chi connectivity index (χ0n) is 17.9. The van der Waals surface area contributed by atoms with Crippen molar-refractivity contribution in [2.24, 2.45) is 0 Å². The van der Waals surface area contributed by atoms with Crippen molar-refractivity contribution >= 4 is 11.7 Å². The molecule has 1 N–H and O–H groups in total. The molecule has 0 spiro atoms. The van der Waals surface area contributed by atoms with Crippen molar-refractivity contribution in [2.45, 2.75) is 33.1 Å². The molecule has 0 radical (unpaired) electrons. The van der Waals surface area contributed by atoms with Crippen molar-refractivity contribution in [1.82, 2.24) is 19.7 Å². The molecule has 158 valence electrons. The number of benzene rings is 1. The van der Waals surface area contributed by atoms with Gasteiger partial charge in [-0.15, -0.1) is 6.42 Å². The lowest BCUT2D eigenvalue weighted by Gasteiger charge is -2.25. The van der Waals surface area contributed by atoms with Crippen LogP contribution in [0.3, 0.4) is 0 Å². The van der Waals surface area contributed by atoms with Crippen molar-refractivity contribution in [1.29, 1.82) is 0 Å². The average molecular weight is 417 g/mol. The van der Waals surface area contributed by atoms with Gasteiger partial charge in [-0.1, -0.05) is 12.0 Å². The Labute approximate surface area is 180 Å². The Hall–Kier alpha value is -3.86. The largest absolute Gasteiger partial charge is 0.493 e. The Balaban J connectivity index is 1.81. The molecule has 0 fully saturated rings. The summed E-state index contributed by atoms with van der Waals surface area (Å²) >= 11 is 0. The van der Waals surface area contributed by atoms with E-state index in [2.05, 4.69) is 26.3 Å². The summed E-state index contributed by atoms with van der Waals surface area (Å²) in [6.45, 7) is 5.87. The summed E-state index contributed by atoms with van der Waals surface area (Å²) < 4.78 is 12.6. The predicted molar refractivity (Wildman–Crippen MR) is 116 cm³/mol. The molecule has 4 rings (SSSR count). The number of amides is 1. The Morgan fingerprint density at radius 3 is 2.61 bits per heavy atom. The van der Waals surface area contributed by atoms with Gasteiger partial charge in [0.15, 0.2) is 11.5 Å². The Morgan fingerprint density at radius 2 is 1.94 bits per heavy atom. The second kappa shape index (κ2) is 8.11. The van der Waals surface area contributed by atoms with Gasteiger partial charge in [0.2, 0.25) is 5.91 Å². The minimum Gasteiger partial charge on any atom is -0.493 e. The van der Waals surface area contributed by atoms with Crippen LogP contribution in [-0.2, 0) is 4.79 Å². The van der Waals surface area contributed by atoms with E-state index in [0.29, 0.717) is 29.7 Å². The van der Waals surface area contributed by atoms with Gasteiger partial charge in [0.05, 0.1) is 12.8 Å². The summed E-state index contributed by atoms with van der Waals surface area (Å²) in [6.07, 6.45) is 5.58. The smallest absolute Gasteiger partial charge is 0.252 e. The highest BCUT2D eigenvalue weighted by Gasteiger charge is 2.33. The first-order valence-corrected chi connectivity index (χ1v) is 9.87. The highest BCUT2D eigenvalue weighted by molar-refractivity contribution is 5.95. The van der Waals surface area contributed by atoms with E-state index in [-0.39, 0.29) is 18.4 Å². The van der Waals surface area contributed by atoms with E-state index in [9.17, 15) is 4.79 Å². The number of carbonyl (C=O) groups excluding carboxylic acids is 1. The van der Waals surface area contributed by atoms with Crippen LogP contribution in [0.2, 0.25) is 0 Å². The third-order valence-electron chi connectivity index (χ3n) is 5.16. The Bertz CT molecular complexity index is 1190. The van der Waals surface area contributed by atoms with Gasteiger partial charge in [-0.3, -0.25) is 4.79 Å². The number of hydrogen-bond donors (Lipinski definition) is 1. The average Bonchev–Trinajstić information content (AvgIpc) is 3.07. The van der Waals surface area contributed by atoms with Crippen LogP contribution in [0.25, 0.3) is 5.95 Å². The number of aromatic nitrogens is 4. The minimum absolute atomic E-state index is 0.102. The lowest BCUT2D eigenvalue weighted by Crippen LogP contribution is -2.25. The number of ether oxygens (including phenoxy) is 2. The van der Waals surface area contributed by atoms with E-state index in [0.717, 1.165) is 28.2 Å². The van der Waals surface area contributed by atoms with Gasteiger partial charge in [-0.2, -0.15) is 9.78 Å². The van der Waals surface area contributed by atoms with Gasteiger partial charge in [0, 0.05) is 29.3 Å². The molecule has 1 aliphatic heterocycles. The molecule has 3 aromatic rings. The molecule has 8 heteroatoms. The molecule has 1 aromatic carbocycles. The summed E-state index contributed by atoms with van der Waals surface area (Å²) in [5.41, 5.74) is 4.31. The summed E-state index contributed by atoms with van der Waals surface area (Å²) in [6, 6.07) is 7.50. The quantitative estimate of drug-likeness (QED) is 0.642. The van der Waals surface area contributed by atoms with Gasteiger partial charge in [-0.05, 0) is 44.5 Å². The number of nitrogens with zero attached hydrogens (tertiary/aromatic N) is 4. The van der Waals surface area contributed by atoms with Crippen LogP contribution in [0.4, 0.5) is 5.82 Å². The molecule has 0 aliphatic carbocycles. The van der Waals surface area contributed by atoms with Crippen LogP contribution in [0.1, 0.15) is 40.5 Å². The summed E-state index contributed by atoms with van der Waals surface area (Å²) in [4.78, 5) is 21.6. The van der Waals surface area contributed by atoms with Gasteiger partial charge < -0.3 is 14.8 Å². The van der Waals surface area contributed by atoms with E-state index in [4.69, 9.17) is 15.9 Å². The fourth-order valence-corrected chi connectivity index (χ4v) is 3.92. The number of carbonyl (C=O) groups is 1. The molecule has 1 aliphatic rings. The van der Waals surface area contributed by atoms with Crippen LogP contribution in [0.15, 0.2) is 24.3 Å². The zero-order valence-corrected chi connectivity index (χ0v) is 17.9. The molecular formula is C23H23N5O3. The van der Waals surface area contributed by atoms with Crippen LogP contribution >= 0.6 is 0 Å². The number of rotatable bonds is 5. The Morgan fingerprint density at radius 1 is 1.19 bits per heavy atom. The first-order valence-electron chi connectivity index (χ1n) is 9.87. The highest BCUT2D eigenvalue weighted by Crippen LogP contribution is 2.42. The molecule has 0 saturated carbocycles. The standard InChI is InChI=1S/C23H23N5O3/c1-6-9-31-18-8-7-16(11-19(18)30-5)17-12-20(29)26-22-21(17)15(4)27-28(22)23-24-13(2)10-14(3)25-23/h1,7-8,10-11,17H,9,12H2,2-5H3,(H,26,29). The second-order valence-corrected chi connectivity index (χ2v) is 7.42. The number of methoxy groups -OCH3 is 1. The SMILES string of the molecule is C#CCOc1ccc(C2CC(=O)Nc3c2c(C)nn3-c2nc(C)cc(C)n2)cc1OC. The predicted octanol–water partition coefficient (Wildman–Crippen LogP) is 3.08. The molecule has 1 amide bonds. The molecule has 1 unspecified atom stereocenters. The summed E-state index contributed by atoms with van der Waals surface area (Å²) in [5, 5.41) is 7.61. The first-order chi connectivity index (χ1) is 14.9. The van der Waals surface area contributed by atoms with E-state index in [1.54, 1.807) is 11.8 Å². The van der Waals surface area contributed by atoms with Crippen molar-refractivity contribution < 1.29 is 14.3 Å². The molecule has 0 bridgehead atoms. The van der Waals surface area contributed by atoms with E-state index >= 15 is 0 Å². The number of anilines is 1. The number of terminal acetylenes is 1. The molecule has 31 heavy (non-hydrogen) atoms. The monoisotopic (exact) mass is 417 g/mol. The summed E-state index contributed by atoms with van der Waals surface area (Å²) in [7, 11) is 1.57. The van der Waals surface area contributed by atoms with Gasteiger partial charge in [0.1, 0.15) is 12.4 Å². The minimum atomic E-state index is -0.195. The zero-order chi connectivity index (χ0) is 22.1. The fraction of sp³-hybridized carbons (Fsp3) is 0.304. The first kappa shape index (κ1) is 20.4. The second-order valence-electron chi connectivity index (χ2n) is 7.42. The maximum atomic E-state index is 12.6. The molecule has 8 nitrogen and oxygen atoms in total. The van der Waals surface area contributed by atoms with Crippen molar-refractivity contribution in [2.75, 3.05) is 19.0 Å². The highest BCUT2D eigenvalue weighted by atomic mass is 16.5. The molecular weight excluding hydrogens is 394 g/mol. The van der Waals surface area contributed by atoms with E-state index in [1.165, 1.54) is 0 Å². The Kier molecular flexibility index (Phi) is 5.34. The maximum Gasteiger partial charge on any atom is 0.252 e. The molecule has 1 atom stereocenters. The van der Waals surface area contributed by atoms with Crippen LogP contribution in [0.5, 0.6) is 11.5 Å². The lowest BCUT2D eigenvalue weighted by molar-refractivity contribution is -0.116. The van der Waals surface area contributed by atoms with Gasteiger partial charge in [0.25, 0.3) is 5.95 Å². The third kappa shape index (κ3) is 3.82. The van der Waals surface area contributed by atoms with Gasteiger partial charge in [-0.25, -0.2) is 9.97 Å². The van der Waals surface area contributed by atoms with Crippen molar-refractivity contribution in [3.8, 4) is 29.8 Å². The molecule has 0 saturated heterocycles. The van der Waals surface area contributed by atoms with E-state index < -0.39 is 0 Å². The number of aryl methyl sites for hydroxylation is 3. The lowest BCUT2D eigenvalue weighted by atomic mass is 9.85. The summed E-state index contributed by atoms with van der Waals surface area (Å²) in [5.74, 6) is 4.28. The number of fused-ring (bicyclic) bond motifs is 1. The van der Waals surface area contributed by atoms with E-state index in [1.807, 2.05) is 45.0 Å². The van der Waals surface area contributed by atoms with Crippen molar-refractivity contribution in [3.63, 3.8) is 0 Å². The van der Waals surface area contributed by atoms with Crippen molar-refractivity contribution in [3.05, 3.63) is 52.5 Å². The number of hydrogen-bond acceptors (Lipinski definition) is 6. The molecule has 2 aromatic heterocycles. The van der Waals surface area contributed by atoms with Crippen LogP contribution in [0, 0.1) is 33.1 Å². The third-order valence-corrected chi connectivity index (χ3v) is 5.16. The van der Waals surface area contributed by atoms with Crippen LogP contribution in [-0.4, -0.2) is 39.4 Å².